The van der Waals surface area contributed by atoms with Gasteiger partial charge in [0.1, 0.15) is 22.7 Å². The quantitative estimate of drug-likeness (QED) is 0.178. The predicted octanol–water partition coefficient (Wildman–Crippen LogP) is 7.99. The Hall–Kier alpha value is -4.52. The summed E-state index contributed by atoms with van der Waals surface area (Å²) < 4.78 is 18.5. The number of rotatable bonds is 9. The molecule has 0 aliphatic rings. The molecule has 9 heteroatoms. The van der Waals surface area contributed by atoms with Gasteiger partial charge in [-0.2, -0.15) is 5.26 Å². The van der Waals surface area contributed by atoms with Crippen molar-refractivity contribution in [3.05, 3.63) is 101 Å². The van der Waals surface area contributed by atoms with E-state index in [2.05, 4.69) is 16.4 Å². The van der Waals surface area contributed by atoms with Crippen molar-refractivity contribution in [2.24, 2.45) is 0 Å². The van der Waals surface area contributed by atoms with E-state index < -0.39 is 0 Å². The second-order valence-electron chi connectivity index (χ2n) is 9.13. The normalized spacial score (nSPS) is 10.7. The van der Waals surface area contributed by atoms with Crippen LogP contribution in [0.5, 0.6) is 5.75 Å². The molecular weight excluding hydrogens is 556 g/mol. The molecule has 6 nitrogen and oxygen atoms in total. The lowest BCUT2D eigenvalue weighted by molar-refractivity contribution is -0.115. The summed E-state index contributed by atoms with van der Waals surface area (Å²) in [5, 5.41) is 15.8. The number of nitriles is 1. The van der Waals surface area contributed by atoms with E-state index in [0.717, 1.165) is 39.3 Å². The number of ether oxygens (including phenoxy) is 1. The summed E-state index contributed by atoms with van der Waals surface area (Å²) in [6.07, 6.45) is 0.204. The smallest absolute Gasteiger partial charge is 0.226 e. The van der Waals surface area contributed by atoms with Gasteiger partial charge in [-0.1, -0.05) is 29.8 Å². The van der Waals surface area contributed by atoms with Crippen molar-refractivity contribution in [2.45, 2.75) is 18.4 Å². The molecule has 0 atom stereocenters. The number of hydrogen-bond donors (Lipinski definition) is 1. The number of pyridine rings is 1. The van der Waals surface area contributed by atoms with Crippen LogP contribution in [-0.4, -0.2) is 28.7 Å². The number of anilines is 1. The van der Waals surface area contributed by atoms with Crippen LogP contribution in [0.4, 0.5) is 9.52 Å². The maximum atomic E-state index is 13.2. The first-order valence-corrected chi connectivity index (χ1v) is 14.6. The molecule has 0 aliphatic heterocycles. The van der Waals surface area contributed by atoms with Gasteiger partial charge in [-0.15, -0.1) is 23.1 Å². The summed E-state index contributed by atoms with van der Waals surface area (Å²) >= 11 is 2.68. The highest BCUT2D eigenvalue weighted by atomic mass is 32.2. The number of aromatic nitrogens is 2. The zero-order valence-corrected chi connectivity index (χ0v) is 24.0. The minimum absolute atomic E-state index is 0.193. The van der Waals surface area contributed by atoms with Gasteiger partial charge in [-0.3, -0.25) is 4.79 Å². The van der Waals surface area contributed by atoms with Crippen molar-refractivity contribution in [1.82, 2.24) is 9.97 Å². The van der Waals surface area contributed by atoms with Crippen molar-refractivity contribution >= 4 is 34.1 Å². The first kappa shape index (κ1) is 28.0. The molecule has 5 rings (SSSR count). The maximum absolute atomic E-state index is 13.2. The number of methoxy groups -OCH3 is 1. The van der Waals surface area contributed by atoms with E-state index in [1.165, 1.54) is 35.2 Å². The van der Waals surface area contributed by atoms with Crippen molar-refractivity contribution in [2.75, 3.05) is 18.2 Å². The van der Waals surface area contributed by atoms with E-state index in [4.69, 9.17) is 9.72 Å². The second-order valence-corrected chi connectivity index (χ2v) is 11.1. The van der Waals surface area contributed by atoms with Crippen molar-refractivity contribution in [1.29, 1.82) is 5.26 Å². The highest BCUT2D eigenvalue weighted by molar-refractivity contribution is 7.99. The van der Waals surface area contributed by atoms with E-state index in [-0.39, 0.29) is 18.1 Å². The van der Waals surface area contributed by atoms with Crippen LogP contribution in [0.3, 0.4) is 0 Å². The zero-order valence-electron chi connectivity index (χ0n) is 22.3. The molecule has 0 bridgehead atoms. The van der Waals surface area contributed by atoms with Gasteiger partial charge < -0.3 is 10.1 Å². The summed E-state index contributed by atoms with van der Waals surface area (Å²) in [6, 6.07) is 26.0. The molecule has 204 valence electrons. The Morgan fingerprint density at radius 1 is 0.976 bits per heavy atom. The van der Waals surface area contributed by atoms with Crippen molar-refractivity contribution in [3.8, 4) is 45.5 Å². The van der Waals surface area contributed by atoms with Crippen LogP contribution in [-0.2, 0) is 4.79 Å². The third-order valence-corrected chi connectivity index (χ3v) is 8.04. The molecule has 0 saturated carbocycles. The Kier molecular flexibility index (Phi) is 8.73. The van der Waals surface area contributed by atoms with E-state index in [0.29, 0.717) is 27.2 Å². The lowest BCUT2D eigenvalue weighted by Crippen LogP contribution is -2.12. The summed E-state index contributed by atoms with van der Waals surface area (Å²) in [5.41, 5.74) is 6.37. The van der Waals surface area contributed by atoms with E-state index in [1.54, 1.807) is 19.2 Å². The molecule has 2 aromatic heterocycles. The Morgan fingerprint density at radius 3 is 2.32 bits per heavy atom. The average molecular weight is 581 g/mol. The van der Waals surface area contributed by atoms with Gasteiger partial charge in [0.2, 0.25) is 5.91 Å². The van der Waals surface area contributed by atoms with Crippen LogP contribution in [0.25, 0.3) is 33.6 Å². The number of thiazole rings is 1. The Balaban J connectivity index is 1.34. The minimum Gasteiger partial charge on any atom is -0.497 e. The van der Waals surface area contributed by atoms with E-state index in [1.807, 2.05) is 66.9 Å². The molecule has 0 fully saturated rings. The first-order valence-electron chi connectivity index (χ1n) is 12.7. The lowest BCUT2D eigenvalue weighted by Gasteiger charge is -2.13. The topological polar surface area (TPSA) is 87.9 Å². The molecule has 0 aliphatic carbocycles. The fraction of sp³-hybridized carbons (Fsp3) is 0.125. The number of halogens is 1. The summed E-state index contributed by atoms with van der Waals surface area (Å²) in [4.78, 5) is 22.0. The highest BCUT2D eigenvalue weighted by Gasteiger charge is 2.17. The number of thioether (sulfide) groups is 1. The number of benzene rings is 3. The van der Waals surface area contributed by atoms with Crippen LogP contribution in [0, 0.1) is 24.1 Å². The monoisotopic (exact) mass is 580 g/mol. The standard InChI is InChI=1S/C32H25FN4O2S2/c1-20-3-5-21(6-4-20)26-17-28(22-9-13-25(39-2)14-10-22)35-31(27(26)18-34)40-16-15-30(38)37-32-36-29(19-41-32)23-7-11-24(33)12-8-23/h3-14,17,19H,15-16H2,1-2H3,(H,36,37,38). The summed E-state index contributed by atoms with van der Waals surface area (Å²) in [7, 11) is 1.62. The Morgan fingerprint density at radius 2 is 1.63 bits per heavy atom. The van der Waals surface area contributed by atoms with Crippen molar-refractivity contribution in [3.63, 3.8) is 0 Å². The molecule has 0 spiro atoms. The first-order chi connectivity index (χ1) is 19.9. The minimum atomic E-state index is -0.315. The molecule has 1 amide bonds. The van der Waals surface area contributed by atoms with Gasteiger partial charge in [0.25, 0.3) is 0 Å². The SMILES string of the molecule is COc1ccc(-c2cc(-c3ccc(C)cc3)c(C#N)c(SCCC(=O)Nc3nc(-c4ccc(F)cc4)cs3)n2)cc1. The third-order valence-electron chi connectivity index (χ3n) is 6.30. The summed E-state index contributed by atoms with van der Waals surface area (Å²) in [5.74, 6) is 0.653. The second kappa shape index (κ2) is 12.8. The third kappa shape index (κ3) is 6.80. The molecule has 0 radical (unpaired) electrons. The number of carbonyl (C=O) groups excluding carboxylic acids is 1. The van der Waals surface area contributed by atoms with Gasteiger partial charge in [-0.25, -0.2) is 14.4 Å². The maximum Gasteiger partial charge on any atom is 0.226 e. The van der Waals surface area contributed by atoms with Crippen LogP contribution in [0.2, 0.25) is 0 Å². The van der Waals surface area contributed by atoms with Crippen LogP contribution in [0.15, 0.2) is 89.3 Å². The van der Waals surface area contributed by atoms with Crippen LogP contribution < -0.4 is 10.1 Å². The van der Waals surface area contributed by atoms with Gasteiger partial charge in [0.05, 0.1) is 24.1 Å². The molecule has 1 N–H and O–H groups in total. The lowest BCUT2D eigenvalue weighted by atomic mass is 9.98. The molecule has 0 unspecified atom stereocenters. The molecule has 2 heterocycles. The van der Waals surface area contributed by atoms with E-state index in [9.17, 15) is 14.4 Å². The Bertz CT molecular complexity index is 1710. The number of carbonyl (C=O) groups is 1. The fourth-order valence-electron chi connectivity index (χ4n) is 4.11. The zero-order chi connectivity index (χ0) is 28.8. The predicted molar refractivity (Wildman–Crippen MR) is 163 cm³/mol. The Labute approximate surface area is 245 Å². The van der Waals surface area contributed by atoms with Gasteiger partial charge in [0, 0.05) is 34.2 Å². The van der Waals surface area contributed by atoms with Crippen molar-refractivity contribution < 1.29 is 13.9 Å². The number of nitrogens with one attached hydrogen (secondary N) is 1. The molecule has 3 aromatic carbocycles. The number of amides is 1. The highest BCUT2D eigenvalue weighted by Crippen LogP contribution is 2.35. The van der Waals surface area contributed by atoms with Gasteiger partial charge >= 0.3 is 0 Å². The van der Waals surface area contributed by atoms with Gasteiger partial charge in [-0.05, 0) is 67.1 Å². The molecule has 41 heavy (non-hydrogen) atoms. The number of aryl methyl sites for hydroxylation is 1. The molecule has 5 aromatic rings. The number of hydrogen-bond acceptors (Lipinski definition) is 7. The van der Waals surface area contributed by atoms with Crippen LogP contribution in [0.1, 0.15) is 17.5 Å². The summed E-state index contributed by atoms with van der Waals surface area (Å²) in [6.45, 7) is 2.02. The largest absolute Gasteiger partial charge is 0.497 e. The molecule has 0 saturated heterocycles. The van der Waals surface area contributed by atoms with E-state index >= 15 is 0 Å². The average Bonchev–Trinajstić information content (AvgIpc) is 3.45. The van der Waals surface area contributed by atoms with Gasteiger partial charge in [0.15, 0.2) is 5.13 Å². The van der Waals surface area contributed by atoms with Crippen LogP contribution >= 0.6 is 23.1 Å². The molecular formula is C32H25FN4O2S2. The number of nitrogens with zero attached hydrogens (tertiary/aromatic N) is 3. The fourth-order valence-corrected chi connectivity index (χ4v) is 5.79.